The highest BCUT2D eigenvalue weighted by atomic mass is 16.6. The molecule has 0 bridgehead atoms. The van der Waals surface area contributed by atoms with Gasteiger partial charge in [-0.15, -0.1) is 0 Å². The number of ether oxygens (including phenoxy) is 1. The van der Waals surface area contributed by atoms with Crippen molar-refractivity contribution in [3.05, 3.63) is 46.1 Å². The van der Waals surface area contributed by atoms with Gasteiger partial charge in [-0.1, -0.05) is 32.0 Å². The Balaban J connectivity index is 2.70. The van der Waals surface area contributed by atoms with Crippen LogP contribution in [0.15, 0.2) is 30.5 Å². The maximum absolute atomic E-state index is 12.6. The van der Waals surface area contributed by atoms with Crippen molar-refractivity contribution in [3.63, 3.8) is 0 Å². The SMILES string of the molecule is CCOC(=O)[C@](C[N+](=O)[O-])(c1c[nH]c2ccccc12)C(C)C. The first-order chi connectivity index (χ1) is 10.4. The fourth-order valence-electron chi connectivity index (χ4n) is 2.89. The third-order valence-corrected chi connectivity index (χ3v) is 4.07. The number of benzene rings is 1. The molecular formula is C16H20N2O4. The summed E-state index contributed by atoms with van der Waals surface area (Å²) in [4.78, 5) is 26.5. The summed E-state index contributed by atoms with van der Waals surface area (Å²) >= 11 is 0. The second kappa shape index (κ2) is 6.17. The Labute approximate surface area is 128 Å². The molecule has 0 spiro atoms. The number of nitro groups is 1. The van der Waals surface area contributed by atoms with Crippen molar-refractivity contribution in [2.45, 2.75) is 26.2 Å². The predicted molar refractivity (Wildman–Crippen MR) is 83.3 cm³/mol. The zero-order chi connectivity index (χ0) is 16.3. The zero-order valence-corrected chi connectivity index (χ0v) is 13.0. The standard InChI is InChI=1S/C16H20N2O4/c1-4-22-15(19)16(11(2)3,10-18(20)21)13-9-17-14-8-6-5-7-12(13)14/h5-9,11,17H,4,10H2,1-3H3/t16-/m0/s1. The molecule has 2 rings (SSSR count). The molecule has 1 aromatic heterocycles. The molecule has 0 saturated carbocycles. The van der Waals surface area contributed by atoms with Crippen LogP contribution < -0.4 is 0 Å². The van der Waals surface area contributed by atoms with Gasteiger partial charge in [-0.05, 0) is 18.9 Å². The molecule has 1 aromatic carbocycles. The van der Waals surface area contributed by atoms with Crippen LogP contribution >= 0.6 is 0 Å². The molecule has 6 heteroatoms. The van der Waals surface area contributed by atoms with Crippen molar-refractivity contribution in [3.8, 4) is 0 Å². The number of H-pyrrole nitrogens is 1. The fraction of sp³-hybridized carbons (Fsp3) is 0.438. The third-order valence-electron chi connectivity index (χ3n) is 4.07. The van der Waals surface area contributed by atoms with Crippen molar-refractivity contribution in [2.75, 3.05) is 13.2 Å². The number of carbonyl (C=O) groups excluding carboxylic acids is 1. The van der Waals surface area contributed by atoms with Crippen LogP contribution in [0.5, 0.6) is 0 Å². The Morgan fingerprint density at radius 1 is 1.41 bits per heavy atom. The van der Waals surface area contributed by atoms with E-state index in [4.69, 9.17) is 4.74 Å². The Morgan fingerprint density at radius 2 is 2.09 bits per heavy atom. The van der Waals surface area contributed by atoms with Gasteiger partial charge in [-0.2, -0.15) is 0 Å². The minimum atomic E-state index is -1.31. The third kappa shape index (κ3) is 2.56. The number of carbonyl (C=O) groups is 1. The number of para-hydroxylation sites is 1. The topological polar surface area (TPSA) is 85.2 Å². The van der Waals surface area contributed by atoms with Gasteiger partial charge >= 0.3 is 5.97 Å². The van der Waals surface area contributed by atoms with Gasteiger partial charge in [0.05, 0.1) is 6.61 Å². The van der Waals surface area contributed by atoms with E-state index in [0.29, 0.717) is 5.56 Å². The zero-order valence-electron chi connectivity index (χ0n) is 13.0. The van der Waals surface area contributed by atoms with Crippen molar-refractivity contribution >= 4 is 16.9 Å². The summed E-state index contributed by atoms with van der Waals surface area (Å²) in [6.45, 7) is 5.01. The molecule has 2 aromatic rings. The maximum Gasteiger partial charge on any atom is 0.323 e. The summed E-state index contributed by atoms with van der Waals surface area (Å²) in [5.74, 6) is -0.831. The number of aromatic nitrogens is 1. The van der Waals surface area contributed by atoms with Gasteiger partial charge in [0.1, 0.15) is 0 Å². The molecule has 0 saturated heterocycles. The first-order valence-electron chi connectivity index (χ1n) is 7.29. The van der Waals surface area contributed by atoms with Crippen molar-refractivity contribution in [1.82, 2.24) is 4.98 Å². The van der Waals surface area contributed by atoms with Gasteiger partial charge in [-0.25, -0.2) is 0 Å². The molecule has 1 heterocycles. The molecular weight excluding hydrogens is 284 g/mol. The Hall–Kier alpha value is -2.37. The number of fused-ring (bicyclic) bond motifs is 1. The van der Waals surface area contributed by atoms with E-state index in [1.807, 2.05) is 38.1 Å². The van der Waals surface area contributed by atoms with Gasteiger partial charge in [0.2, 0.25) is 6.54 Å². The molecule has 22 heavy (non-hydrogen) atoms. The van der Waals surface area contributed by atoms with Crippen LogP contribution in [0.4, 0.5) is 0 Å². The molecule has 0 radical (unpaired) electrons. The second-order valence-electron chi connectivity index (χ2n) is 5.59. The molecule has 1 N–H and O–H groups in total. The highest BCUT2D eigenvalue weighted by Crippen LogP contribution is 2.38. The van der Waals surface area contributed by atoms with Crippen LogP contribution in [0.2, 0.25) is 0 Å². The maximum atomic E-state index is 12.6. The Kier molecular flexibility index (Phi) is 4.49. The molecule has 118 valence electrons. The second-order valence-corrected chi connectivity index (χ2v) is 5.59. The molecule has 1 atom stereocenters. The molecule has 0 unspecified atom stereocenters. The van der Waals surface area contributed by atoms with Gasteiger partial charge in [-0.3, -0.25) is 14.9 Å². The van der Waals surface area contributed by atoms with Crippen LogP contribution in [0.1, 0.15) is 26.3 Å². The number of esters is 1. The highest BCUT2D eigenvalue weighted by molar-refractivity contribution is 5.93. The minimum absolute atomic E-state index is 0.188. The number of nitrogens with one attached hydrogen (secondary N) is 1. The molecule has 0 aliphatic rings. The molecule has 0 aliphatic carbocycles. The largest absolute Gasteiger partial charge is 0.465 e. The van der Waals surface area contributed by atoms with E-state index in [1.165, 1.54) is 0 Å². The summed E-state index contributed by atoms with van der Waals surface area (Å²) in [6.07, 6.45) is 1.69. The summed E-state index contributed by atoms with van der Waals surface area (Å²) in [6, 6.07) is 7.46. The van der Waals surface area contributed by atoms with Crippen molar-refractivity contribution in [2.24, 2.45) is 5.92 Å². The van der Waals surface area contributed by atoms with E-state index in [2.05, 4.69) is 4.98 Å². The van der Waals surface area contributed by atoms with E-state index in [1.54, 1.807) is 13.1 Å². The lowest BCUT2D eigenvalue weighted by atomic mass is 9.71. The molecule has 6 nitrogen and oxygen atoms in total. The lowest BCUT2D eigenvalue weighted by Gasteiger charge is -2.31. The molecule has 0 fully saturated rings. The summed E-state index contributed by atoms with van der Waals surface area (Å²) in [7, 11) is 0. The van der Waals surface area contributed by atoms with Gasteiger partial charge in [0, 0.05) is 27.6 Å². The van der Waals surface area contributed by atoms with Crippen molar-refractivity contribution in [1.29, 1.82) is 0 Å². The number of nitrogens with zero attached hydrogens (tertiary/aromatic N) is 1. The van der Waals surface area contributed by atoms with E-state index >= 15 is 0 Å². The van der Waals surface area contributed by atoms with Crippen LogP contribution in [-0.2, 0) is 14.9 Å². The number of hydrogen-bond acceptors (Lipinski definition) is 4. The smallest absolute Gasteiger partial charge is 0.323 e. The number of rotatable bonds is 6. The Bertz CT molecular complexity index is 692. The molecule has 0 aliphatic heterocycles. The normalized spacial score (nSPS) is 14.0. The van der Waals surface area contributed by atoms with E-state index < -0.39 is 22.9 Å². The van der Waals surface area contributed by atoms with E-state index in [9.17, 15) is 14.9 Å². The first kappa shape index (κ1) is 16.0. The van der Waals surface area contributed by atoms with Gasteiger partial charge < -0.3 is 9.72 Å². The van der Waals surface area contributed by atoms with Crippen LogP contribution in [0, 0.1) is 16.0 Å². The molecule has 0 amide bonds. The van der Waals surface area contributed by atoms with Crippen molar-refractivity contribution < 1.29 is 14.5 Å². The average molecular weight is 304 g/mol. The summed E-state index contributed by atoms with van der Waals surface area (Å²) < 4.78 is 5.19. The van der Waals surface area contributed by atoms with Crippen LogP contribution in [0.25, 0.3) is 10.9 Å². The van der Waals surface area contributed by atoms with Gasteiger partial charge in [0.25, 0.3) is 0 Å². The predicted octanol–water partition coefficient (Wildman–Crippen LogP) is 2.90. The Morgan fingerprint density at radius 3 is 2.68 bits per heavy atom. The average Bonchev–Trinajstić information content (AvgIpc) is 2.88. The first-order valence-corrected chi connectivity index (χ1v) is 7.29. The number of hydrogen-bond donors (Lipinski definition) is 1. The monoisotopic (exact) mass is 304 g/mol. The van der Waals surface area contributed by atoms with E-state index in [-0.39, 0.29) is 12.5 Å². The summed E-state index contributed by atoms with van der Waals surface area (Å²) in [5, 5.41) is 12.1. The van der Waals surface area contributed by atoms with Crippen LogP contribution in [0.3, 0.4) is 0 Å². The highest BCUT2D eigenvalue weighted by Gasteiger charge is 2.50. The van der Waals surface area contributed by atoms with Gasteiger partial charge in [0.15, 0.2) is 5.41 Å². The quantitative estimate of drug-likeness (QED) is 0.505. The number of aromatic amines is 1. The van der Waals surface area contributed by atoms with E-state index in [0.717, 1.165) is 10.9 Å². The lowest BCUT2D eigenvalue weighted by molar-refractivity contribution is -0.490. The summed E-state index contributed by atoms with van der Waals surface area (Å²) in [5.41, 5.74) is 0.155. The minimum Gasteiger partial charge on any atom is -0.465 e. The lowest BCUT2D eigenvalue weighted by Crippen LogP contribution is -2.47. The fourth-order valence-corrected chi connectivity index (χ4v) is 2.89. The van der Waals surface area contributed by atoms with Crippen LogP contribution in [-0.4, -0.2) is 29.0 Å².